The second-order valence-electron chi connectivity index (χ2n) is 5.75. The van der Waals surface area contributed by atoms with Crippen LogP contribution < -0.4 is 19.8 Å². The Balaban J connectivity index is 2.35. The van der Waals surface area contributed by atoms with Crippen molar-refractivity contribution in [2.75, 3.05) is 27.9 Å². The number of esters is 1. The summed E-state index contributed by atoms with van der Waals surface area (Å²) >= 11 is 6.65. The van der Waals surface area contributed by atoms with Crippen molar-refractivity contribution in [2.45, 2.75) is 26.3 Å². The first kappa shape index (κ1) is 21.9. The van der Waals surface area contributed by atoms with Gasteiger partial charge in [-0.1, -0.05) is 6.92 Å². The quantitative estimate of drug-likeness (QED) is 0.448. The normalized spacial score (nSPS) is 10.4. The molecule has 0 saturated heterocycles. The van der Waals surface area contributed by atoms with E-state index in [-0.39, 0.29) is 24.5 Å². The summed E-state index contributed by atoms with van der Waals surface area (Å²) in [5, 5.41) is 0. The number of methoxy groups -OCH3 is 3. The van der Waals surface area contributed by atoms with Gasteiger partial charge in [-0.15, -0.1) is 11.3 Å². The Morgan fingerprint density at radius 2 is 1.75 bits per heavy atom. The van der Waals surface area contributed by atoms with E-state index in [0.717, 1.165) is 12.0 Å². The maximum Gasteiger partial charge on any atom is 0.307 e. The standard InChI is InChI=1S/C19H23NO6S2/c1-5-8-26-17(22)6-7-20-16(21)11-15(28-19(20)27)12-9-13(23-2)18(25-4)14(10-12)24-3/h9-11H,5-8H2,1-4H3. The summed E-state index contributed by atoms with van der Waals surface area (Å²) in [6, 6.07) is 5.00. The van der Waals surface area contributed by atoms with Crippen LogP contribution in [0.4, 0.5) is 0 Å². The smallest absolute Gasteiger partial charge is 0.307 e. The fourth-order valence-electron chi connectivity index (χ4n) is 2.52. The molecule has 152 valence electrons. The average Bonchev–Trinajstić information content (AvgIpc) is 2.70. The molecule has 0 fully saturated rings. The first-order valence-electron chi connectivity index (χ1n) is 8.66. The van der Waals surface area contributed by atoms with Crippen LogP contribution in [0.25, 0.3) is 10.4 Å². The molecule has 0 spiro atoms. The highest BCUT2D eigenvalue weighted by Gasteiger charge is 2.16. The van der Waals surface area contributed by atoms with Crippen molar-refractivity contribution in [1.29, 1.82) is 0 Å². The zero-order valence-corrected chi connectivity index (χ0v) is 17.9. The summed E-state index contributed by atoms with van der Waals surface area (Å²) in [7, 11) is 4.58. The van der Waals surface area contributed by atoms with E-state index >= 15 is 0 Å². The summed E-state index contributed by atoms with van der Waals surface area (Å²) in [6.07, 6.45) is 0.851. The van der Waals surface area contributed by atoms with Gasteiger partial charge in [0, 0.05) is 17.5 Å². The molecule has 0 saturated carbocycles. The molecule has 28 heavy (non-hydrogen) atoms. The van der Waals surface area contributed by atoms with Crippen LogP contribution in [-0.2, 0) is 16.1 Å². The van der Waals surface area contributed by atoms with Crippen molar-refractivity contribution in [3.05, 3.63) is 32.5 Å². The molecule has 1 aromatic heterocycles. The van der Waals surface area contributed by atoms with E-state index in [2.05, 4.69) is 0 Å². The van der Waals surface area contributed by atoms with Crippen LogP contribution in [-0.4, -0.2) is 38.5 Å². The van der Waals surface area contributed by atoms with Crippen molar-refractivity contribution < 1.29 is 23.7 Å². The molecule has 7 nitrogen and oxygen atoms in total. The van der Waals surface area contributed by atoms with Crippen molar-refractivity contribution in [3.8, 4) is 27.7 Å². The Hall–Kier alpha value is -2.39. The van der Waals surface area contributed by atoms with Crippen molar-refractivity contribution >= 4 is 29.5 Å². The van der Waals surface area contributed by atoms with Gasteiger partial charge in [-0.25, -0.2) is 0 Å². The molecule has 9 heteroatoms. The average molecular weight is 426 g/mol. The number of benzene rings is 1. The van der Waals surface area contributed by atoms with Gasteiger partial charge in [0.1, 0.15) is 0 Å². The third-order valence-electron chi connectivity index (χ3n) is 3.89. The number of hydrogen-bond donors (Lipinski definition) is 0. The lowest BCUT2D eigenvalue weighted by Gasteiger charge is -2.14. The molecule has 1 aromatic carbocycles. The first-order chi connectivity index (χ1) is 13.4. The lowest BCUT2D eigenvalue weighted by atomic mass is 10.1. The maximum absolute atomic E-state index is 12.6. The van der Waals surface area contributed by atoms with E-state index in [4.69, 9.17) is 31.2 Å². The number of carbonyl (C=O) groups excluding carboxylic acids is 1. The highest BCUT2D eigenvalue weighted by molar-refractivity contribution is 7.73. The molecule has 0 unspecified atom stereocenters. The zero-order chi connectivity index (χ0) is 20.7. The number of nitrogens with zero attached hydrogens (tertiary/aromatic N) is 1. The van der Waals surface area contributed by atoms with Gasteiger partial charge < -0.3 is 18.9 Å². The van der Waals surface area contributed by atoms with Gasteiger partial charge in [0.2, 0.25) is 5.75 Å². The molecule has 0 bridgehead atoms. The molecule has 0 atom stereocenters. The number of hydrogen-bond acceptors (Lipinski definition) is 8. The monoisotopic (exact) mass is 425 g/mol. The molecule has 0 radical (unpaired) electrons. The molecule has 0 aliphatic carbocycles. The topological polar surface area (TPSA) is 76.0 Å². The molecule has 2 aromatic rings. The van der Waals surface area contributed by atoms with Gasteiger partial charge in [-0.2, -0.15) is 0 Å². The molecule has 0 N–H and O–H groups in total. The molecular weight excluding hydrogens is 402 g/mol. The summed E-state index contributed by atoms with van der Waals surface area (Å²) in [5.74, 6) is 1.09. The summed E-state index contributed by atoms with van der Waals surface area (Å²) < 4.78 is 22.8. The minimum atomic E-state index is -0.346. The largest absolute Gasteiger partial charge is 0.493 e. The highest BCUT2D eigenvalue weighted by atomic mass is 32.1. The van der Waals surface area contributed by atoms with E-state index in [9.17, 15) is 9.59 Å². The van der Waals surface area contributed by atoms with Crippen LogP contribution in [0.5, 0.6) is 17.2 Å². The Morgan fingerprint density at radius 1 is 1.11 bits per heavy atom. The van der Waals surface area contributed by atoms with Crippen LogP contribution in [0.2, 0.25) is 0 Å². The maximum atomic E-state index is 12.6. The number of aromatic nitrogens is 1. The van der Waals surface area contributed by atoms with Crippen LogP contribution in [0.15, 0.2) is 23.0 Å². The minimum Gasteiger partial charge on any atom is -0.493 e. The van der Waals surface area contributed by atoms with Crippen LogP contribution in [0.1, 0.15) is 19.8 Å². The zero-order valence-electron chi connectivity index (χ0n) is 16.3. The highest BCUT2D eigenvalue weighted by Crippen LogP contribution is 2.41. The molecule has 0 aliphatic rings. The van der Waals surface area contributed by atoms with Crippen molar-refractivity contribution in [2.24, 2.45) is 0 Å². The minimum absolute atomic E-state index is 0.0970. The van der Waals surface area contributed by atoms with Crippen molar-refractivity contribution in [3.63, 3.8) is 0 Å². The van der Waals surface area contributed by atoms with Gasteiger partial charge in [0.15, 0.2) is 15.5 Å². The van der Waals surface area contributed by atoms with Gasteiger partial charge in [-0.3, -0.25) is 14.2 Å². The predicted octanol–water partition coefficient (Wildman–Crippen LogP) is 3.68. The van der Waals surface area contributed by atoms with Gasteiger partial charge in [0.25, 0.3) is 5.56 Å². The molecular formula is C19H23NO6S2. The van der Waals surface area contributed by atoms with Gasteiger partial charge in [-0.05, 0) is 36.3 Å². The molecule has 2 rings (SSSR count). The lowest BCUT2D eigenvalue weighted by Crippen LogP contribution is -2.21. The van der Waals surface area contributed by atoms with E-state index < -0.39 is 0 Å². The Bertz CT molecular complexity index is 894. The third kappa shape index (κ3) is 5.11. The van der Waals surface area contributed by atoms with E-state index in [1.54, 1.807) is 12.1 Å². The lowest BCUT2D eigenvalue weighted by molar-refractivity contribution is -0.143. The van der Waals surface area contributed by atoms with E-state index in [0.29, 0.717) is 32.7 Å². The number of rotatable bonds is 9. The molecule has 1 heterocycles. The second kappa shape index (κ2) is 10.2. The van der Waals surface area contributed by atoms with Gasteiger partial charge in [0.05, 0.1) is 34.4 Å². The van der Waals surface area contributed by atoms with Crippen LogP contribution in [0.3, 0.4) is 0 Å². The second-order valence-corrected chi connectivity index (χ2v) is 7.43. The predicted molar refractivity (Wildman–Crippen MR) is 110 cm³/mol. The number of ether oxygens (including phenoxy) is 4. The SMILES string of the molecule is CCCOC(=O)CCn1c(=O)cc(-c2cc(OC)c(OC)c(OC)c2)sc1=S. The Kier molecular flexibility index (Phi) is 8.01. The fraction of sp³-hybridized carbons (Fsp3) is 0.421. The molecule has 0 aliphatic heterocycles. The Morgan fingerprint density at radius 3 is 2.25 bits per heavy atom. The van der Waals surface area contributed by atoms with E-state index in [1.165, 1.54) is 43.3 Å². The first-order valence-corrected chi connectivity index (χ1v) is 9.88. The van der Waals surface area contributed by atoms with Gasteiger partial charge >= 0.3 is 5.97 Å². The Labute approximate surface area is 172 Å². The summed E-state index contributed by atoms with van der Waals surface area (Å²) in [4.78, 5) is 24.9. The molecule has 0 amide bonds. The van der Waals surface area contributed by atoms with E-state index in [1.807, 2.05) is 6.92 Å². The fourth-order valence-corrected chi connectivity index (χ4v) is 3.84. The number of carbonyl (C=O) groups is 1. The summed E-state index contributed by atoms with van der Waals surface area (Å²) in [5.41, 5.74) is 0.438. The van der Waals surface area contributed by atoms with Crippen LogP contribution >= 0.6 is 23.6 Å². The third-order valence-corrected chi connectivity index (χ3v) is 5.33. The van der Waals surface area contributed by atoms with Crippen LogP contribution in [0, 0.1) is 3.95 Å². The summed E-state index contributed by atoms with van der Waals surface area (Å²) in [6.45, 7) is 2.48. The van der Waals surface area contributed by atoms with Crippen molar-refractivity contribution in [1.82, 2.24) is 4.57 Å².